The molecule has 0 amide bonds. The number of nitrogens with one attached hydrogen (secondary N) is 1. The number of aliphatic carboxylic acids is 1. The highest BCUT2D eigenvalue weighted by Gasteiger charge is 2.14. The largest absolute Gasteiger partial charge is 0.480 e. The third-order valence-electron chi connectivity index (χ3n) is 2.84. The molecule has 1 aromatic carbocycles. The first-order valence-electron chi connectivity index (χ1n) is 6.60. The van der Waals surface area contributed by atoms with Gasteiger partial charge in [0.05, 0.1) is 4.90 Å². The van der Waals surface area contributed by atoms with E-state index in [0.717, 1.165) is 5.56 Å². The summed E-state index contributed by atoms with van der Waals surface area (Å²) in [7, 11) is -3.77. The Morgan fingerprint density at radius 1 is 1.36 bits per heavy atom. The number of hydrogen-bond donors (Lipinski definition) is 4. The monoisotopic (exact) mass is 328 g/mol. The van der Waals surface area contributed by atoms with Crippen molar-refractivity contribution in [2.24, 2.45) is 16.5 Å². The average Bonchev–Trinajstić information content (AvgIpc) is 2.43. The molecule has 1 unspecified atom stereocenters. The number of rotatable bonds is 7. The van der Waals surface area contributed by atoms with Crippen LogP contribution >= 0.6 is 0 Å². The molecular formula is C13H20N4O4S. The van der Waals surface area contributed by atoms with Crippen molar-refractivity contribution in [3.8, 4) is 0 Å². The first-order valence-corrected chi connectivity index (χ1v) is 8.08. The van der Waals surface area contributed by atoms with Crippen LogP contribution in [0.15, 0.2) is 34.2 Å². The van der Waals surface area contributed by atoms with Gasteiger partial charge in [-0.1, -0.05) is 17.7 Å². The summed E-state index contributed by atoms with van der Waals surface area (Å²) in [5.74, 6) is -1.33. The van der Waals surface area contributed by atoms with E-state index < -0.39 is 22.0 Å². The Bertz CT molecular complexity index is 641. The number of nitrogens with two attached hydrogens (primary N) is 2. The minimum absolute atomic E-state index is 0.0872. The van der Waals surface area contributed by atoms with Gasteiger partial charge in [0.15, 0.2) is 0 Å². The second-order valence-electron chi connectivity index (χ2n) is 4.77. The Kier molecular flexibility index (Phi) is 6.32. The fraction of sp³-hybridized carbons (Fsp3) is 0.385. The molecule has 0 spiro atoms. The van der Waals surface area contributed by atoms with Gasteiger partial charge in [-0.05, 0) is 31.9 Å². The number of carbonyl (C=O) groups is 1. The average molecular weight is 328 g/mol. The van der Waals surface area contributed by atoms with Crippen LogP contribution in [-0.4, -0.2) is 38.0 Å². The molecule has 6 N–H and O–H groups in total. The molecule has 0 fully saturated rings. The second kappa shape index (κ2) is 7.76. The summed E-state index contributed by atoms with van der Waals surface area (Å²) in [6.45, 7) is 2.03. The highest BCUT2D eigenvalue weighted by Crippen LogP contribution is 2.09. The van der Waals surface area contributed by atoms with Gasteiger partial charge in [0.1, 0.15) is 6.04 Å². The van der Waals surface area contributed by atoms with Crippen molar-refractivity contribution in [3.63, 3.8) is 0 Å². The van der Waals surface area contributed by atoms with E-state index in [1.54, 1.807) is 12.1 Å². The zero-order chi connectivity index (χ0) is 16.8. The van der Waals surface area contributed by atoms with E-state index in [-0.39, 0.29) is 23.8 Å². The first kappa shape index (κ1) is 17.9. The molecule has 0 radical (unpaired) electrons. The van der Waals surface area contributed by atoms with Crippen LogP contribution in [0.3, 0.4) is 0 Å². The molecule has 1 aromatic rings. The smallest absolute Gasteiger partial charge is 0.320 e. The van der Waals surface area contributed by atoms with Crippen molar-refractivity contribution in [1.29, 1.82) is 0 Å². The minimum Gasteiger partial charge on any atom is -0.480 e. The number of aliphatic imine (C=N–C) groups is 1. The van der Waals surface area contributed by atoms with Crippen molar-refractivity contribution >= 4 is 22.0 Å². The zero-order valence-electron chi connectivity index (χ0n) is 12.2. The maximum atomic E-state index is 12.0. The molecule has 0 aliphatic rings. The second-order valence-corrected chi connectivity index (χ2v) is 6.45. The number of nitrogens with zero attached hydrogens (tertiary/aromatic N) is 1. The normalized spacial score (nSPS) is 13.6. The van der Waals surface area contributed by atoms with Crippen LogP contribution in [0.5, 0.6) is 0 Å². The quantitative estimate of drug-likeness (QED) is 0.309. The van der Waals surface area contributed by atoms with E-state index in [1.807, 2.05) is 6.92 Å². The first-order chi connectivity index (χ1) is 10.2. The highest BCUT2D eigenvalue weighted by molar-refractivity contribution is 7.90. The molecule has 0 aromatic heterocycles. The van der Waals surface area contributed by atoms with Crippen LogP contribution in [0.4, 0.5) is 0 Å². The van der Waals surface area contributed by atoms with Gasteiger partial charge in [-0.3, -0.25) is 9.79 Å². The third kappa shape index (κ3) is 5.70. The number of hydrogen-bond acceptors (Lipinski definition) is 5. The van der Waals surface area contributed by atoms with Crippen LogP contribution in [0.1, 0.15) is 18.4 Å². The van der Waals surface area contributed by atoms with Gasteiger partial charge in [0, 0.05) is 6.54 Å². The van der Waals surface area contributed by atoms with Crippen molar-refractivity contribution in [1.82, 2.24) is 4.72 Å². The minimum atomic E-state index is -3.77. The summed E-state index contributed by atoms with van der Waals surface area (Å²) in [5, 5.41) is 8.61. The van der Waals surface area contributed by atoms with Gasteiger partial charge in [-0.2, -0.15) is 0 Å². The number of sulfonamides is 1. The predicted octanol–water partition coefficient (Wildman–Crippen LogP) is -0.220. The maximum absolute atomic E-state index is 12.0. The highest BCUT2D eigenvalue weighted by atomic mass is 32.2. The molecule has 0 aliphatic heterocycles. The molecule has 0 aliphatic carbocycles. The van der Waals surface area contributed by atoms with E-state index in [1.165, 1.54) is 12.1 Å². The summed E-state index contributed by atoms with van der Waals surface area (Å²) >= 11 is 0. The Labute approximate surface area is 129 Å². The summed E-state index contributed by atoms with van der Waals surface area (Å²) in [6.07, 6.45) is 0.622. The van der Waals surface area contributed by atoms with Crippen molar-refractivity contribution in [2.75, 3.05) is 6.54 Å². The van der Waals surface area contributed by atoms with E-state index in [9.17, 15) is 13.2 Å². The molecule has 9 heteroatoms. The van der Waals surface area contributed by atoms with Gasteiger partial charge in [-0.15, -0.1) is 0 Å². The van der Waals surface area contributed by atoms with Crippen molar-refractivity contribution in [2.45, 2.75) is 30.7 Å². The number of aryl methyl sites for hydroxylation is 1. The SMILES string of the molecule is Cc1ccc(S(=O)(=O)NC(N)=NCCCC(N)C(=O)O)cc1. The van der Waals surface area contributed by atoms with Gasteiger partial charge >= 0.3 is 5.97 Å². The van der Waals surface area contributed by atoms with Gasteiger partial charge in [0.2, 0.25) is 5.96 Å². The fourth-order valence-corrected chi connectivity index (χ4v) is 2.53. The molecular weight excluding hydrogens is 308 g/mol. The molecule has 1 atom stereocenters. The Morgan fingerprint density at radius 3 is 2.50 bits per heavy atom. The van der Waals surface area contributed by atoms with Crippen LogP contribution < -0.4 is 16.2 Å². The Morgan fingerprint density at radius 2 is 1.95 bits per heavy atom. The standard InChI is InChI=1S/C13H20N4O4S/c1-9-4-6-10(7-5-9)22(20,21)17-13(15)16-8-2-3-11(14)12(18)19/h4-7,11H,2-3,8,14H2,1H3,(H,18,19)(H3,15,16,17). The summed E-state index contributed by atoms with van der Waals surface area (Å²) < 4.78 is 26.2. The van der Waals surface area contributed by atoms with E-state index in [4.69, 9.17) is 16.6 Å². The lowest BCUT2D eigenvalue weighted by molar-refractivity contribution is -0.138. The number of guanidine groups is 1. The molecule has 1 rings (SSSR count). The van der Waals surface area contributed by atoms with Gasteiger partial charge in [-0.25, -0.2) is 13.1 Å². The van der Waals surface area contributed by atoms with Crippen molar-refractivity contribution < 1.29 is 18.3 Å². The molecule has 0 bridgehead atoms. The van der Waals surface area contributed by atoms with Crippen LogP contribution in [0, 0.1) is 6.92 Å². The summed E-state index contributed by atoms with van der Waals surface area (Å²) in [5.41, 5.74) is 11.8. The molecule has 0 saturated heterocycles. The molecule has 8 nitrogen and oxygen atoms in total. The third-order valence-corrected chi connectivity index (χ3v) is 4.21. The van der Waals surface area contributed by atoms with E-state index in [2.05, 4.69) is 9.71 Å². The maximum Gasteiger partial charge on any atom is 0.320 e. The van der Waals surface area contributed by atoms with Crippen molar-refractivity contribution in [3.05, 3.63) is 29.8 Å². The molecule has 0 saturated carbocycles. The van der Waals surface area contributed by atoms with Crippen LogP contribution in [-0.2, 0) is 14.8 Å². The summed E-state index contributed by atoms with van der Waals surface area (Å²) in [6, 6.07) is 5.33. The zero-order valence-corrected chi connectivity index (χ0v) is 13.0. The lowest BCUT2D eigenvalue weighted by atomic mass is 10.2. The number of carboxylic acids is 1. The van der Waals surface area contributed by atoms with Crippen LogP contribution in [0.25, 0.3) is 0 Å². The van der Waals surface area contributed by atoms with Gasteiger partial charge < -0.3 is 16.6 Å². The van der Waals surface area contributed by atoms with Gasteiger partial charge in [0.25, 0.3) is 10.0 Å². The van der Waals surface area contributed by atoms with E-state index in [0.29, 0.717) is 6.42 Å². The lowest BCUT2D eigenvalue weighted by Crippen LogP contribution is -2.37. The van der Waals surface area contributed by atoms with Crippen LogP contribution in [0.2, 0.25) is 0 Å². The summed E-state index contributed by atoms with van der Waals surface area (Å²) in [4.78, 5) is 14.4. The number of benzene rings is 1. The van der Waals surface area contributed by atoms with E-state index >= 15 is 0 Å². The molecule has 0 heterocycles. The lowest BCUT2D eigenvalue weighted by Gasteiger charge is -2.08. The molecule has 22 heavy (non-hydrogen) atoms. The number of carboxylic acid groups (broad SMARTS) is 1. The topological polar surface area (TPSA) is 148 Å². The predicted molar refractivity (Wildman–Crippen MR) is 82.8 cm³/mol. The Hall–Kier alpha value is -2.13. The molecule has 122 valence electrons. The fourth-order valence-electron chi connectivity index (χ4n) is 1.58. The Balaban J connectivity index is 2.56.